The molecule has 0 spiro atoms. The minimum atomic E-state index is 1.19. The molecule has 0 fully saturated rings. The Morgan fingerprint density at radius 2 is 0.545 bits per heavy atom. The second-order valence-electron chi connectivity index (χ2n) is 17.9. The zero-order chi connectivity index (χ0) is 43.3. The van der Waals surface area contributed by atoms with Crippen molar-refractivity contribution in [2.75, 3.05) is 0 Å². The van der Waals surface area contributed by atoms with Crippen LogP contribution in [-0.2, 0) is 0 Å². The first-order valence-electron chi connectivity index (χ1n) is 23.0. The minimum absolute atomic E-state index is 1.19. The van der Waals surface area contributed by atoms with Gasteiger partial charge >= 0.3 is 0 Å². The maximum atomic E-state index is 2.50. The molecule has 0 nitrogen and oxygen atoms in total. The standard InChI is InChI=1S/C66H40/c1-3-17-43(18-4-1)60-52-25-11-12-26-53(52)61(44-19-5-2-6-20-44)58-39-48(33-35-54(58)60)49-34-36-55-59(40-49)64(51-32-30-42-16-8-10-22-47(42)38-51)66-57-28-14-24-45-23-13-27-56(62(45)57)65(66)63(55)50-31-29-41-15-7-9-21-46(41)37-50/h1-40H. The van der Waals surface area contributed by atoms with Gasteiger partial charge in [-0.05, 0) is 167 Å². The first kappa shape index (κ1) is 36.9. The van der Waals surface area contributed by atoms with E-state index in [-0.39, 0.29) is 0 Å². The van der Waals surface area contributed by atoms with Crippen molar-refractivity contribution in [1.29, 1.82) is 0 Å². The fourth-order valence-corrected chi connectivity index (χ4v) is 11.4. The molecule has 0 N–H and O–H groups in total. The Morgan fingerprint density at radius 3 is 1.08 bits per heavy atom. The Hall–Kier alpha value is -8.58. The SMILES string of the molecule is c1ccc(-c2c3ccccc3c(-c3ccccc3)c3cc(-c4ccc5c(-c6ccc7ccccc7c6)c6c(c(-c7ccc8ccccc8c7)c5c4)-c4cccc5cccc-6c45)ccc23)cc1. The normalized spacial score (nSPS) is 11.9. The molecule has 304 valence electrons. The molecule has 14 rings (SSSR count). The molecule has 13 aromatic carbocycles. The van der Waals surface area contributed by atoms with Gasteiger partial charge in [0.15, 0.2) is 0 Å². The molecule has 0 saturated heterocycles. The Kier molecular flexibility index (Phi) is 8.08. The molecular formula is C66H40. The van der Waals surface area contributed by atoms with Gasteiger partial charge in [-0.15, -0.1) is 0 Å². The van der Waals surface area contributed by atoms with Crippen molar-refractivity contribution in [2.45, 2.75) is 0 Å². The van der Waals surface area contributed by atoms with Crippen LogP contribution in [0.4, 0.5) is 0 Å². The highest BCUT2D eigenvalue weighted by Crippen LogP contribution is 2.58. The van der Waals surface area contributed by atoms with Gasteiger partial charge in [0.25, 0.3) is 0 Å². The van der Waals surface area contributed by atoms with Gasteiger partial charge in [0.05, 0.1) is 0 Å². The summed E-state index contributed by atoms with van der Waals surface area (Å²) in [6, 6.07) is 90.6. The van der Waals surface area contributed by atoms with Crippen LogP contribution in [-0.4, -0.2) is 0 Å². The van der Waals surface area contributed by atoms with Crippen molar-refractivity contribution >= 4 is 64.6 Å². The van der Waals surface area contributed by atoms with Gasteiger partial charge in [-0.1, -0.05) is 218 Å². The second kappa shape index (κ2) is 14.5. The monoisotopic (exact) mass is 832 g/mol. The fraction of sp³-hybridized carbons (Fsp3) is 0. The van der Waals surface area contributed by atoms with Gasteiger partial charge in [-0.3, -0.25) is 0 Å². The van der Waals surface area contributed by atoms with E-state index < -0.39 is 0 Å². The van der Waals surface area contributed by atoms with Crippen molar-refractivity contribution < 1.29 is 0 Å². The Balaban J connectivity index is 1.11. The summed E-state index contributed by atoms with van der Waals surface area (Å²) in [6.45, 7) is 0. The molecule has 0 saturated carbocycles. The summed E-state index contributed by atoms with van der Waals surface area (Å²) >= 11 is 0. The largest absolute Gasteiger partial charge is 0.0622 e. The summed E-state index contributed by atoms with van der Waals surface area (Å²) < 4.78 is 0. The fourth-order valence-electron chi connectivity index (χ4n) is 11.4. The van der Waals surface area contributed by atoms with Crippen LogP contribution in [0.15, 0.2) is 243 Å². The van der Waals surface area contributed by atoms with Crippen LogP contribution in [0.1, 0.15) is 0 Å². The van der Waals surface area contributed by atoms with Crippen LogP contribution >= 0.6 is 0 Å². The average Bonchev–Trinajstić information content (AvgIpc) is 3.71. The Bertz CT molecular complexity index is 4130. The first-order chi connectivity index (χ1) is 32.7. The van der Waals surface area contributed by atoms with Crippen LogP contribution < -0.4 is 0 Å². The number of rotatable bonds is 5. The van der Waals surface area contributed by atoms with E-state index in [0.29, 0.717) is 0 Å². The number of hydrogen-bond acceptors (Lipinski definition) is 0. The maximum Gasteiger partial charge on any atom is -0.000741 e. The summed E-state index contributed by atoms with van der Waals surface area (Å²) in [6.07, 6.45) is 0. The third kappa shape index (κ3) is 5.52. The van der Waals surface area contributed by atoms with Crippen molar-refractivity contribution in [3.63, 3.8) is 0 Å². The van der Waals surface area contributed by atoms with Crippen LogP contribution in [0.2, 0.25) is 0 Å². The zero-order valence-corrected chi connectivity index (χ0v) is 36.1. The smallest absolute Gasteiger partial charge is 0.000741 e. The quantitative estimate of drug-likeness (QED) is 0.152. The lowest BCUT2D eigenvalue weighted by molar-refractivity contribution is 1.63. The van der Waals surface area contributed by atoms with E-state index >= 15 is 0 Å². The Labute approximate surface area is 383 Å². The van der Waals surface area contributed by atoms with Gasteiger partial charge < -0.3 is 0 Å². The second-order valence-corrected chi connectivity index (χ2v) is 17.9. The van der Waals surface area contributed by atoms with Crippen molar-refractivity contribution in [3.05, 3.63) is 243 Å². The van der Waals surface area contributed by atoms with E-state index in [1.807, 2.05) is 0 Å². The van der Waals surface area contributed by atoms with Gasteiger partial charge in [-0.2, -0.15) is 0 Å². The minimum Gasteiger partial charge on any atom is -0.0622 e. The molecule has 1 aliphatic rings. The molecule has 0 radical (unpaired) electrons. The van der Waals surface area contributed by atoms with Crippen molar-refractivity contribution in [1.82, 2.24) is 0 Å². The van der Waals surface area contributed by atoms with Gasteiger partial charge in [0.2, 0.25) is 0 Å². The zero-order valence-electron chi connectivity index (χ0n) is 36.1. The lowest BCUT2D eigenvalue weighted by atomic mass is 9.81. The van der Waals surface area contributed by atoms with Gasteiger partial charge in [-0.25, -0.2) is 0 Å². The summed E-state index contributed by atoms with van der Waals surface area (Å²) in [5.74, 6) is 0. The van der Waals surface area contributed by atoms with E-state index in [4.69, 9.17) is 0 Å². The number of benzene rings is 13. The van der Waals surface area contributed by atoms with Crippen LogP contribution in [0, 0.1) is 0 Å². The Morgan fingerprint density at radius 1 is 0.167 bits per heavy atom. The van der Waals surface area contributed by atoms with Crippen molar-refractivity contribution in [3.8, 4) is 77.9 Å². The van der Waals surface area contributed by atoms with Crippen molar-refractivity contribution in [2.24, 2.45) is 0 Å². The molecule has 0 unspecified atom stereocenters. The predicted molar refractivity (Wildman–Crippen MR) is 283 cm³/mol. The number of fused-ring (bicyclic) bond motifs is 8. The molecule has 0 aliphatic heterocycles. The van der Waals surface area contributed by atoms with E-state index in [1.54, 1.807) is 0 Å². The molecule has 1 aliphatic carbocycles. The number of hydrogen-bond donors (Lipinski definition) is 0. The average molecular weight is 833 g/mol. The maximum absolute atomic E-state index is 2.50. The first-order valence-corrected chi connectivity index (χ1v) is 23.0. The van der Waals surface area contributed by atoms with Gasteiger partial charge in [0, 0.05) is 0 Å². The van der Waals surface area contributed by atoms with Crippen LogP contribution in [0.3, 0.4) is 0 Å². The third-order valence-corrected chi connectivity index (χ3v) is 14.3. The molecule has 13 aromatic rings. The molecule has 66 heavy (non-hydrogen) atoms. The summed E-state index contributed by atoms with van der Waals surface area (Å²) in [5, 5.41) is 15.1. The van der Waals surface area contributed by atoms with E-state index in [9.17, 15) is 0 Å². The summed E-state index contributed by atoms with van der Waals surface area (Å²) in [4.78, 5) is 0. The predicted octanol–water partition coefficient (Wildman–Crippen LogP) is 18.6. The van der Waals surface area contributed by atoms with E-state index in [1.165, 1.54) is 143 Å². The van der Waals surface area contributed by atoms with Crippen LogP contribution in [0.25, 0.3) is 143 Å². The lowest BCUT2D eigenvalue weighted by Crippen LogP contribution is -1.95. The third-order valence-electron chi connectivity index (χ3n) is 14.3. The van der Waals surface area contributed by atoms with E-state index in [0.717, 1.165) is 0 Å². The lowest BCUT2D eigenvalue weighted by Gasteiger charge is -2.22. The molecule has 0 heterocycles. The summed E-state index contributed by atoms with van der Waals surface area (Å²) in [5.41, 5.74) is 17.6. The molecule has 0 aromatic heterocycles. The molecule has 0 atom stereocenters. The van der Waals surface area contributed by atoms with Gasteiger partial charge in [0.1, 0.15) is 0 Å². The molecule has 0 amide bonds. The molecule has 0 bridgehead atoms. The summed E-state index contributed by atoms with van der Waals surface area (Å²) in [7, 11) is 0. The highest BCUT2D eigenvalue weighted by atomic mass is 14.3. The topological polar surface area (TPSA) is 0 Å². The van der Waals surface area contributed by atoms with Crippen LogP contribution in [0.5, 0.6) is 0 Å². The molecule has 0 heteroatoms. The molecular weight excluding hydrogens is 793 g/mol. The highest BCUT2D eigenvalue weighted by molar-refractivity contribution is 6.28. The highest BCUT2D eigenvalue weighted by Gasteiger charge is 2.31. The van der Waals surface area contributed by atoms with E-state index in [2.05, 4.69) is 243 Å².